The minimum Gasteiger partial charge on any atom is -0.352 e. The first kappa shape index (κ1) is 21.2. The molecule has 1 aromatic heterocycles. The highest BCUT2D eigenvalue weighted by Crippen LogP contribution is 2.30. The Hall–Kier alpha value is -2.48. The number of halogens is 4. The van der Waals surface area contributed by atoms with E-state index in [0.29, 0.717) is 18.2 Å². The maximum Gasteiger partial charge on any atom is 0.416 e. The first-order valence-electron chi connectivity index (χ1n) is 9.63. The van der Waals surface area contributed by atoms with Crippen LogP contribution in [0.1, 0.15) is 46.3 Å². The number of nitrogens with one attached hydrogen (secondary N) is 1. The molecule has 1 N–H and O–H groups in total. The summed E-state index contributed by atoms with van der Waals surface area (Å²) in [5.74, 6) is -0.800. The van der Waals surface area contributed by atoms with Gasteiger partial charge in [0.2, 0.25) is 0 Å². The molecular weight excluding hydrogens is 386 g/mol. The lowest BCUT2D eigenvalue weighted by Gasteiger charge is -2.26. The van der Waals surface area contributed by atoms with Crippen LogP contribution in [0.4, 0.5) is 17.6 Å². The molecule has 29 heavy (non-hydrogen) atoms. The van der Waals surface area contributed by atoms with Crippen LogP contribution in [0.5, 0.6) is 0 Å². The summed E-state index contributed by atoms with van der Waals surface area (Å²) in [6.45, 7) is 2.87. The summed E-state index contributed by atoms with van der Waals surface area (Å²) in [7, 11) is 0. The first-order valence-corrected chi connectivity index (χ1v) is 9.63. The number of likely N-dealkylation sites (tertiary alicyclic amines) is 1. The van der Waals surface area contributed by atoms with Crippen LogP contribution in [0.3, 0.4) is 0 Å². The van der Waals surface area contributed by atoms with E-state index in [1.54, 1.807) is 18.5 Å². The molecule has 2 aromatic rings. The highest BCUT2D eigenvalue weighted by molar-refractivity contribution is 5.96. The quantitative estimate of drug-likeness (QED) is 0.757. The molecule has 1 saturated heterocycles. The molecule has 0 spiro atoms. The number of piperidine rings is 1. The Morgan fingerprint density at radius 1 is 1.10 bits per heavy atom. The molecule has 4 nitrogen and oxygen atoms in total. The van der Waals surface area contributed by atoms with Gasteiger partial charge in [-0.2, -0.15) is 13.2 Å². The third-order valence-electron chi connectivity index (χ3n) is 4.97. The van der Waals surface area contributed by atoms with Gasteiger partial charge in [-0.3, -0.25) is 14.7 Å². The molecule has 1 fully saturated rings. The molecule has 0 saturated carbocycles. The van der Waals surface area contributed by atoms with Gasteiger partial charge < -0.3 is 5.32 Å². The third kappa shape index (κ3) is 6.00. The monoisotopic (exact) mass is 409 g/mol. The van der Waals surface area contributed by atoms with Gasteiger partial charge in [-0.25, -0.2) is 4.39 Å². The number of alkyl halides is 3. The molecule has 0 bridgehead atoms. The van der Waals surface area contributed by atoms with Gasteiger partial charge >= 0.3 is 6.18 Å². The number of aromatic nitrogens is 1. The topological polar surface area (TPSA) is 45.2 Å². The molecule has 1 aromatic carbocycles. The molecule has 0 aliphatic carbocycles. The Kier molecular flexibility index (Phi) is 6.84. The summed E-state index contributed by atoms with van der Waals surface area (Å²) < 4.78 is 50.8. The highest BCUT2D eigenvalue weighted by Gasteiger charge is 2.31. The SMILES string of the molecule is Fc1cc(CN2CCCCC2)cc(C(F)(F)F)c1.O=C1NCCc2cnccc21. The number of benzene rings is 1. The van der Waals surface area contributed by atoms with Crippen LogP contribution in [-0.2, 0) is 19.1 Å². The van der Waals surface area contributed by atoms with E-state index in [1.807, 2.05) is 0 Å². The highest BCUT2D eigenvalue weighted by atomic mass is 19.4. The summed E-state index contributed by atoms with van der Waals surface area (Å²) >= 11 is 0. The molecule has 2 aliphatic heterocycles. The van der Waals surface area contributed by atoms with Gasteiger partial charge in [0.15, 0.2) is 0 Å². The number of nitrogens with zero attached hydrogens (tertiary/aromatic N) is 2. The molecule has 0 unspecified atom stereocenters. The number of hydrogen-bond acceptors (Lipinski definition) is 3. The molecular formula is C21H23F4N3O. The predicted octanol–water partition coefficient (Wildman–Crippen LogP) is 4.20. The zero-order valence-corrected chi connectivity index (χ0v) is 15.9. The Labute approximate surface area is 166 Å². The molecule has 8 heteroatoms. The van der Waals surface area contributed by atoms with Crippen molar-refractivity contribution in [3.63, 3.8) is 0 Å². The molecule has 1 amide bonds. The van der Waals surface area contributed by atoms with Gasteiger partial charge in [0.25, 0.3) is 5.91 Å². The van der Waals surface area contributed by atoms with Crippen molar-refractivity contribution in [2.45, 2.75) is 38.4 Å². The van der Waals surface area contributed by atoms with Crippen molar-refractivity contribution in [1.82, 2.24) is 15.2 Å². The number of hydrogen-bond donors (Lipinski definition) is 1. The van der Waals surface area contributed by atoms with Crippen LogP contribution in [0.15, 0.2) is 36.7 Å². The fourth-order valence-electron chi connectivity index (χ4n) is 3.53. The van der Waals surface area contributed by atoms with Crippen LogP contribution in [0.25, 0.3) is 0 Å². The minimum absolute atomic E-state index is 0.0219. The van der Waals surface area contributed by atoms with E-state index in [4.69, 9.17) is 0 Å². The van der Waals surface area contributed by atoms with Gasteiger partial charge in [0, 0.05) is 31.0 Å². The van der Waals surface area contributed by atoms with Crippen molar-refractivity contribution in [3.8, 4) is 0 Å². The average molecular weight is 409 g/mol. The smallest absolute Gasteiger partial charge is 0.352 e. The summed E-state index contributed by atoms with van der Waals surface area (Å²) in [6, 6.07) is 4.52. The van der Waals surface area contributed by atoms with Crippen LogP contribution in [0.2, 0.25) is 0 Å². The van der Waals surface area contributed by atoms with E-state index >= 15 is 0 Å². The van der Waals surface area contributed by atoms with E-state index in [9.17, 15) is 22.4 Å². The number of pyridine rings is 1. The largest absolute Gasteiger partial charge is 0.416 e. The van der Waals surface area contributed by atoms with Gasteiger partial charge in [-0.05, 0) is 67.7 Å². The number of fused-ring (bicyclic) bond motifs is 1. The van der Waals surface area contributed by atoms with Crippen LogP contribution < -0.4 is 5.32 Å². The standard InChI is InChI=1S/C13H15F4N.C8H8N2O/c14-12-7-10(6-11(8-12)13(15,16)17)9-18-4-2-1-3-5-18;11-8-7-2-3-9-5-6(7)1-4-10-8/h6-8H,1-5,9H2;2-3,5H,1,4H2,(H,10,11). The molecule has 2 aliphatic rings. The van der Waals surface area contributed by atoms with Gasteiger partial charge in [-0.1, -0.05) is 6.42 Å². The van der Waals surface area contributed by atoms with E-state index < -0.39 is 17.6 Å². The normalized spacial score (nSPS) is 17.0. The summed E-state index contributed by atoms with van der Waals surface area (Å²) in [5, 5.41) is 2.77. The van der Waals surface area contributed by atoms with Crippen molar-refractivity contribution in [2.24, 2.45) is 0 Å². The maximum absolute atomic E-state index is 13.2. The van der Waals surface area contributed by atoms with Crippen molar-refractivity contribution >= 4 is 5.91 Å². The van der Waals surface area contributed by atoms with Crippen LogP contribution in [0, 0.1) is 5.82 Å². The molecule has 3 heterocycles. The fourth-order valence-corrected chi connectivity index (χ4v) is 3.53. The number of rotatable bonds is 2. The van der Waals surface area contributed by atoms with Crippen molar-refractivity contribution in [1.29, 1.82) is 0 Å². The number of carbonyl (C=O) groups excluding carboxylic acids is 1. The second kappa shape index (κ2) is 9.35. The Morgan fingerprint density at radius 3 is 2.55 bits per heavy atom. The second-order valence-corrected chi connectivity index (χ2v) is 7.22. The lowest BCUT2D eigenvalue weighted by atomic mass is 10.0. The fraction of sp³-hybridized carbons (Fsp3) is 0.429. The lowest BCUT2D eigenvalue weighted by molar-refractivity contribution is -0.137. The number of carbonyl (C=O) groups is 1. The molecule has 156 valence electrons. The van der Waals surface area contributed by atoms with Crippen LogP contribution >= 0.6 is 0 Å². The van der Waals surface area contributed by atoms with Gasteiger partial charge in [0.05, 0.1) is 5.56 Å². The predicted molar refractivity (Wildman–Crippen MR) is 101 cm³/mol. The summed E-state index contributed by atoms with van der Waals surface area (Å²) in [5.41, 5.74) is 1.31. The first-order chi connectivity index (χ1) is 13.8. The molecule has 0 radical (unpaired) electrons. The Morgan fingerprint density at radius 2 is 1.86 bits per heavy atom. The lowest BCUT2D eigenvalue weighted by Crippen LogP contribution is -2.31. The summed E-state index contributed by atoms with van der Waals surface area (Å²) in [4.78, 5) is 17.2. The zero-order chi connectivity index (χ0) is 20.9. The Balaban J connectivity index is 0.000000186. The molecule has 4 rings (SSSR count). The van der Waals surface area contributed by atoms with Crippen molar-refractivity contribution in [3.05, 3.63) is 64.7 Å². The summed E-state index contributed by atoms with van der Waals surface area (Å²) in [6.07, 6.45) is 3.09. The van der Waals surface area contributed by atoms with E-state index in [0.717, 1.165) is 62.5 Å². The second-order valence-electron chi connectivity index (χ2n) is 7.22. The van der Waals surface area contributed by atoms with E-state index in [-0.39, 0.29) is 5.91 Å². The molecule has 0 atom stereocenters. The van der Waals surface area contributed by atoms with Crippen molar-refractivity contribution < 1.29 is 22.4 Å². The zero-order valence-electron chi connectivity index (χ0n) is 15.9. The van der Waals surface area contributed by atoms with Gasteiger partial charge in [-0.15, -0.1) is 0 Å². The van der Waals surface area contributed by atoms with E-state index in [2.05, 4.69) is 15.2 Å². The minimum atomic E-state index is -4.49. The van der Waals surface area contributed by atoms with Gasteiger partial charge in [0.1, 0.15) is 5.82 Å². The van der Waals surface area contributed by atoms with Crippen LogP contribution in [-0.4, -0.2) is 35.4 Å². The van der Waals surface area contributed by atoms with Crippen molar-refractivity contribution in [2.75, 3.05) is 19.6 Å². The van der Waals surface area contributed by atoms with E-state index in [1.165, 1.54) is 6.07 Å². The third-order valence-corrected chi connectivity index (χ3v) is 4.97. The maximum atomic E-state index is 13.2. The average Bonchev–Trinajstić information content (AvgIpc) is 2.69. The number of amides is 1. The Bertz CT molecular complexity index is 848.